The highest BCUT2D eigenvalue weighted by Crippen LogP contribution is 2.70. The van der Waals surface area contributed by atoms with Gasteiger partial charge in [-0.3, -0.25) is 9.59 Å². The lowest BCUT2D eigenvalue weighted by Gasteiger charge is -2.44. The van der Waals surface area contributed by atoms with Gasteiger partial charge in [-0.25, -0.2) is 0 Å². The molecule has 4 rings (SSSR count). The Morgan fingerprint density at radius 3 is 2.23 bits per heavy atom. The topological polar surface area (TPSA) is 52.6 Å². The van der Waals surface area contributed by atoms with Crippen LogP contribution in [0.1, 0.15) is 76.6 Å². The molecular weight excluding hydrogens is 388 g/mol. The highest BCUT2D eigenvalue weighted by Gasteiger charge is 2.76. The van der Waals surface area contributed by atoms with Crippen LogP contribution in [0.5, 0.6) is 0 Å². The maximum atomic E-state index is 14.2. The number of carbonyl (C=O) groups is 2. The Morgan fingerprint density at radius 2 is 1.71 bits per heavy atom. The summed E-state index contributed by atoms with van der Waals surface area (Å²) in [6.45, 7) is 18.0. The number of Topliss-reactive ketones (excluding diaryl/α,β-unsaturated/α-hetero) is 1. The van der Waals surface area contributed by atoms with E-state index in [9.17, 15) is 9.59 Å². The zero-order valence-corrected chi connectivity index (χ0v) is 20.4. The van der Waals surface area contributed by atoms with Crippen molar-refractivity contribution in [1.82, 2.24) is 0 Å². The summed E-state index contributed by atoms with van der Waals surface area (Å²) in [7, 11) is 0. The monoisotopic (exact) mass is 424 g/mol. The van der Waals surface area contributed by atoms with Crippen molar-refractivity contribution >= 4 is 17.3 Å². The molecule has 1 aromatic rings. The zero-order valence-electron chi connectivity index (χ0n) is 20.4. The van der Waals surface area contributed by atoms with Gasteiger partial charge >= 0.3 is 5.97 Å². The van der Waals surface area contributed by atoms with Crippen molar-refractivity contribution in [2.75, 3.05) is 0 Å². The number of carbonyl (C=O) groups excluding carboxylic acids is 2. The molecule has 168 valence electrons. The number of fused-ring (bicyclic) bond motifs is 5. The first-order valence-electron chi connectivity index (χ1n) is 11.5. The van der Waals surface area contributed by atoms with Crippen molar-refractivity contribution in [3.8, 4) is 0 Å². The molecule has 2 fully saturated rings. The van der Waals surface area contributed by atoms with Crippen LogP contribution in [-0.4, -0.2) is 24.0 Å². The van der Waals surface area contributed by atoms with Gasteiger partial charge in [-0.2, -0.15) is 0 Å². The van der Waals surface area contributed by atoms with Crippen LogP contribution in [0.25, 0.3) is 5.57 Å². The minimum atomic E-state index is -0.726. The predicted molar refractivity (Wildman–Crippen MR) is 121 cm³/mol. The number of rotatable bonds is 3. The van der Waals surface area contributed by atoms with Crippen LogP contribution in [0.4, 0.5) is 0 Å². The van der Waals surface area contributed by atoms with E-state index in [0.717, 1.165) is 35.1 Å². The predicted octanol–water partition coefficient (Wildman–Crippen LogP) is 5.70. The molecule has 1 aliphatic carbocycles. The summed E-state index contributed by atoms with van der Waals surface area (Å²) in [5, 5.41) is 0. The van der Waals surface area contributed by atoms with Crippen molar-refractivity contribution in [2.24, 2.45) is 22.2 Å². The third-order valence-electron chi connectivity index (χ3n) is 8.20. The van der Waals surface area contributed by atoms with E-state index in [1.807, 2.05) is 41.5 Å². The average Bonchev–Trinajstić information content (AvgIpc) is 3.23. The Morgan fingerprint density at radius 1 is 1.13 bits per heavy atom. The third kappa shape index (κ3) is 2.76. The number of esters is 1. The number of aryl methyl sites for hydroxylation is 3. The van der Waals surface area contributed by atoms with E-state index >= 15 is 0 Å². The van der Waals surface area contributed by atoms with Crippen LogP contribution >= 0.6 is 0 Å². The molecule has 0 amide bonds. The van der Waals surface area contributed by atoms with Crippen LogP contribution in [0.15, 0.2) is 17.9 Å². The Kier molecular flexibility index (Phi) is 4.87. The minimum Gasteiger partial charge on any atom is -0.429 e. The molecular formula is C27H36O4. The molecule has 2 saturated heterocycles. The van der Waals surface area contributed by atoms with Gasteiger partial charge in [0, 0.05) is 0 Å². The second kappa shape index (κ2) is 6.78. The molecule has 0 N–H and O–H groups in total. The van der Waals surface area contributed by atoms with Crippen LogP contribution in [0.2, 0.25) is 0 Å². The smallest absolute Gasteiger partial charge is 0.316 e. The standard InChI is InChI=1S/C27H36O4/c1-10-17-13-18-26(8)21(28)20(19-15(3)11-14(2)12-16(19)4)23(27(26,9)22(17)30-18)31-24(29)25(5,6)7/h11-12,17-18,22H,10,13H2,1-9H3/t17?,18-,22+,26+,27-/m0/s1. The summed E-state index contributed by atoms with van der Waals surface area (Å²) in [6.07, 6.45) is 1.60. The van der Waals surface area contributed by atoms with Gasteiger partial charge in [-0.1, -0.05) is 31.0 Å². The molecule has 0 radical (unpaired) electrons. The van der Waals surface area contributed by atoms with Gasteiger partial charge in [0.05, 0.1) is 34.0 Å². The Bertz CT molecular complexity index is 988. The zero-order chi connectivity index (χ0) is 23.1. The van der Waals surface area contributed by atoms with Crippen molar-refractivity contribution in [2.45, 2.75) is 87.4 Å². The molecule has 4 heteroatoms. The number of ketones is 1. The second-order valence-corrected chi connectivity index (χ2v) is 11.3. The van der Waals surface area contributed by atoms with Gasteiger partial charge in [-0.15, -0.1) is 0 Å². The van der Waals surface area contributed by atoms with Gasteiger partial charge < -0.3 is 9.47 Å². The van der Waals surface area contributed by atoms with Crippen molar-refractivity contribution in [3.63, 3.8) is 0 Å². The molecule has 5 atom stereocenters. The van der Waals surface area contributed by atoms with Crippen LogP contribution in [-0.2, 0) is 19.1 Å². The van der Waals surface area contributed by atoms with Crippen molar-refractivity contribution in [3.05, 3.63) is 40.1 Å². The fourth-order valence-corrected chi connectivity index (χ4v) is 6.31. The van der Waals surface area contributed by atoms with E-state index in [-0.39, 0.29) is 24.0 Å². The molecule has 0 spiro atoms. The summed E-state index contributed by atoms with van der Waals surface area (Å²) in [4.78, 5) is 27.3. The summed E-state index contributed by atoms with van der Waals surface area (Å²) in [5.41, 5.74) is 2.68. The molecule has 1 unspecified atom stereocenters. The van der Waals surface area contributed by atoms with E-state index in [4.69, 9.17) is 9.47 Å². The highest BCUT2D eigenvalue weighted by molar-refractivity contribution is 6.28. The first-order valence-corrected chi connectivity index (χ1v) is 11.5. The van der Waals surface area contributed by atoms with Gasteiger partial charge in [0.1, 0.15) is 5.76 Å². The van der Waals surface area contributed by atoms with Gasteiger partial charge in [-0.05, 0) is 84.4 Å². The van der Waals surface area contributed by atoms with E-state index in [2.05, 4.69) is 32.9 Å². The number of hydrogen-bond donors (Lipinski definition) is 0. The fourth-order valence-electron chi connectivity index (χ4n) is 6.31. The molecule has 0 aromatic heterocycles. The molecule has 31 heavy (non-hydrogen) atoms. The van der Waals surface area contributed by atoms with Gasteiger partial charge in [0.2, 0.25) is 0 Å². The lowest BCUT2D eigenvalue weighted by atomic mass is 9.55. The van der Waals surface area contributed by atoms with E-state index in [1.165, 1.54) is 0 Å². The number of ether oxygens (including phenoxy) is 2. The SMILES string of the molecule is CCC1C[C@@H]2O[C@H]1[C@@]1(C)C(OC(=O)C(C)(C)C)=C(c3c(C)cc(C)cc3C)C(=O)[C@@]21C. The summed E-state index contributed by atoms with van der Waals surface area (Å²) >= 11 is 0. The first-order chi connectivity index (χ1) is 14.3. The number of allylic oxidation sites excluding steroid dienone is 1. The molecule has 2 bridgehead atoms. The minimum absolute atomic E-state index is 0.0591. The van der Waals surface area contributed by atoms with E-state index < -0.39 is 16.2 Å². The maximum Gasteiger partial charge on any atom is 0.316 e. The maximum absolute atomic E-state index is 14.2. The lowest BCUT2D eigenvalue weighted by molar-refractivity contribution is -0.152. The third-order valence-corrected chi connectivity index (χ3v) is 8.20. The largest absolute Gasteiger partial charge is 0.429 e. The highest BCUT2D eigenvalue weighted by atomic mass is 16.6. The van der Waals surface area contributed by atoms with Crippen molar-refractivity contribution in [1.29, 1.82) is 0 Å². The van der Waals surface area contributed by atoms with E-state index in [0.29, 0.717) is 17.3 Å². The molecule has 2 aliphatic heterocycles. The Labute approximate surface area is 186 Å². The first kappa shape index (κ1) is 22.3. The van der Waals surface area contributed by atoms with Crippen LogP contribution in [0, 0.1) is 42.9 Å². The molecule has 3 aliphatic rings. The second-order valence-electron chi connectivity index (χ2n) is 11.3. The Balaban J connectivity index is 2.00. The van der Waals surface area contributed by atoms with Gasteiger partial charge in [0.15, 0.2) is 5.78 Å². The van der Waals surface area contributed by atoms with Crippen LogP contribution in [0.3, 0.4) is 0 Å². The summed E-state index contributed by atoms with van der Waals surface area (Å²) in [5.74, 6) is 0.639. The normalized spacial score (nSPS) is 34.5. The fraction of sp³-hybridized carbons (Fsp3) is 0.630. The van der Waals surface area contributed by atoms with E-state index in [1.54, 1.807) is 0 Å². The number of benzene rings is 1. The quantitative estimate of drug-likeness (QED) is 0.584. The summed E-state index contributed by atoms with van der Waals surface area (Å²) in [6, 6.07) is 4.20. The molecule has 0 saturated carbocycles. The van der Waals surface area contributed by atoms with Crippen LogP contribution < -0.4 is 0 Å². The Hall–Kier alpha value is -1.94. The molecule has 4 nitrogen and oxygen atoms in total. The lowest BCUT2D eigenvalue weighted by Crippen LogP contribution is -2.51. The van der Waals surface area contributed by atoms with Crippen molar-refractivity contribution < 1.29 is 19.1 Å². The average molecular weight is 425 g/mol. The number of hydrogen-bond acceptors (Lipinski definition) is 4. The molecule has 2 heterocycles. The summed E-state index contributed by atoms with van der Waals surface area (Å²) < 4.78 is 12.7. The molecule has 1 aromatic carbocycles. The van der Waals surface area contributed by atoms with Gasteiger partial charge in [0.25, 0.3) is 0 Å².